The molecule has 0 amide bonds. The maximum atomic E-state index is 12.4. The van der Waals surface area contributed by atoms with Crippen molar-refractivity contribution in [3.05, 3.63) is 70.8 Å². The number of hydrogen-bond donors (Lipinski definition) is 1. The van der Waals surface area contributed by atoms with Gasteiger partial charge in [0.15, 0.2) is 5.78 Å². The first-order valence-electron chi connectivity index (χ1n) is 7.21. The van der Waals surface area contributed by atoms with Gasteiger partial charge in [0.05, 0.1) is 0 Å². The van der Waals surface area contributed by atoms with Gasteiger partial charge >= 0.3 is 0 Å². The number of hydrogen-bond acceptors (Lipinski definition) is 2. The molecule has 0 saturated heterocycles. The van der Waals surface area contributed by atoms with E-state index >= 15 is 0 Å². The van der Waals surface area contributed by atoms with Crippen LogP contribution in [-0.4, -0.2) is 5.78 Å². The lowest BCUT2D eigenvalue weighted by Gasteiger charge is -2.25. The molecule has 0 spiro atoms. The molecule has 1 saturated carbocycles. The second-order valence-corrected chi connectivity index (χ2v) is 5.48. The molecule has 0 unspecified atom stereocenters. The van der Waals surface area contributed by atoms with Crippen LogP contribution in [0, 0.1) is 0 Å². The van der Waals surface area contributed by atoms with Gasteiger partial charge in [-0.15, -0.1) is 0 Å². The van der Waals surface area contributed by atoms with Crippen LogP contribution in [0.5, 0.6) is 0 Å². The van der Waals surface area contributed by atoms with Crippen LogP contribution in [0.15, 0.2) is 48.5 Å². The van der Waals surface area contributed by atoms with E-state index in [1.54, 1.807) is 0 Å². The molecule has 3 rings (SSSR count). The van der Waals surface area contributed by atoms with Crippen molar-refractivity contribution in [2.75, 3.05) is 0 Å². The highest BCUT2D eigenvalue weighted by atomic mass is 16.1. The monoisotopic (exact) mass is 265 g/mol. The molecule has 1 aliphatic carbocycles. The van der Waals surface area contributed by atoms with E-state index in [2.05, 4.69) is 12.1 Å². The molecule has 2 heteroatoms. The van der Waals surface area contributed by atoms with Crippen molar-refractivity contribution in [2.45, 2.75) is 31.7 Å². The van der Waals surface area contributed by atoms with E-state index in [0.29, 0.717) is 12.5 Å². The second kappa shape index (κ2) is 5.59. The van der Waals surface area contributed by atoms with Gasteiger partial charge in [-0.05, 0) is 29.9 Å². The van der Waals surface area contributed by atoms with E-state index in [0.717, 1.165) is 16.7 Å². The average molecular weight is 265 g/mol. The molecule has 0 aromatic heterocycles. The van der Waals surface area contributed by atoms with E-state index in [-0.39, 0.29) is 5.78 Å². The van der Waals surface area contributed by atoms with Crippen LogP contribution in [0.1, 0.15) is 52.2 Å². The minimum absolute atomic E-state index is 0.0775. The lowest BCUT2D eigenvalue weighted by Crippen LogP contribution is -2.09. The van der Waals surface area contributed by atoms with Crippen molar-refractivity contribution in [3.8, 4) is 0 Å². The van der Waals surface area contributed by atoms with Gasteiger partial charge in [0.2, 0.25) is 0 Å². The van der Waals surface area contributed by atoms with Gasteiger partial charge in [0.25, 0.3) is 0 Å². The van der Waals surface area contributed by atoms with Crippen molar-refractivity contribution < 1.29 is 4.79 Å². The Morgan fingerprint density at radius 1 is 0.950 bits per heavy atom. The highest BCUT2D eigenvalue weighted by Crippen LogP contribution is 2.36. The fourth-order valence-corrected chi connectivity index (χ4v) is 2.61. The Balaban J connectivity index is 1.78. The lowest BCUT2D eigenvalue weighted by molar-refractivity contribution is 0.103. The predicted octanol–water partition coefficient (Wildman–Crippen LogP) is 3.64. The number of nitrogens with two attached hydrogens (primary N) is 1. The standard InChI is InChI=1S/C18H19NO/c19-12-13-4-6-16(7-5-13)18(20)17-10-8-15(9-11-17)14-2-1-3-14/h4-11,14H,1-3,12,19H2. The third-order valence-electron chi connectivity index (χ3n) is 4.20. The van der Waals surface area contributed by atoms with Crippen molar-refractivity contribution in [2.24, 2.45) is 5.73 Å². The van der Waals surface area contributed by atoms with Crippen LogP contribution in [0.4, 0.5) is 0 Å². The molecular formula is C18H19NO. The molecule has 1 aliphatic rings. The zero-order valence-corrected chi connectivity index (χ0v) is 11.5. The topological polar surface area (TPSA) is 43.1 Å². The number of rotatable bonds is 4. The molecule has 2 aromatic carbocycles. The molecule has 0 radical (unpaired) electrons. The molecule has 1 fully saturated rings. The summed E-state index contributed by atoms with van der Waals surface area (Å²) in [7, 11) is 0. The van der Waals surface area contributed by atoms with Crippen molar-refractivity contribution in [1.82, 2.24) is 0 Å². The average Bonchev–Trinajstić information content (AvgIpc) is 2.46. The maximum Gasteiger partial charge on any atom is 0.193 e. The molecule has 0 aliphatic heterocycles. The Hall–Kier alpha value is -1.93. The fraction of sp³-hybridized carbons (Fsp3) is 0.278. The molecular weight excluding hydrogens is 246 g/mol. The normalized spacial score (nSPS) is 14.8. The van der Waals surface area contributed by atoms with E-state index < -0.39 is 0 Å². The lowest BCUT2D eigenvalue weighted by atomic mass is 9.80. The molecule has 2 N–H and O–H groups in total. The van der Waals surface area contributed by atoms with E-state index in [1.807, 2.05) is 36.4 Å². The number of carbonyl (C=O) groups is 1. The summed E-state index contributed by atoms with van der Waals surface area (Å²) >= 11 is 0. The van der Waals surface area contributed by atoms with Gasteiger partial charge in [-0.1, -0.05) is 55.0 Å². The smallest absolute Gasteiger partial charge is 0.193 e. The molecule has 20 heavy (non-hydrogen) atoms. The zero-order chi connectivity index (χ0) is 13.9. The quantitative estimate of drug-likeness (QED) is 0.858. The molecule has 2 aromatic rings. The third-order valence-corrected chi connectivity index (χ3v) is 4.20. The summed E-state index contributed by atoms with van der Waals surface area (Å²) in [6, 6.07) is 15.6. The summed E-state index contributed by atoms with van der Waals surface area (Å²) in [6.07, 6.45) is 3.90. The SMILES string of the molecule is NCc1ccc(C(=O)c2ccc(C3CCC3)cc2)cc1. The number of ketones is 1. The van der Waals surface area contributed by atoms with Gasteiger partial charge < -0.3 is 5.73 Å². The summed E-state index contributed by atoms with van der Waals surface area (Å²) in [5.74, 6) is 0.789. The van der Waals surface area contributed by atoms with Gasteiger partial charge in [0.1, 0.15) is 0 Å². The van der Waals surface area contributed by atoms with E-state index in [1.165, 1.54) is 24.8 Å². The highest BCUT2D eigenvalue weighted by Gasteiger charge is 2.19. The Morgan fingerprint density at radius 2 is 1.50 bits per heavy atom. The van der Waals surface area contributed by atoms with Crippen molar-refractivity contribution >= 4 is 5.78 Å². The fourth-order valence-electron chi connectivity index (χ4n) is 2.61. The summed E-state index contributed by atoms with van der Waals surface area (Å²) in [5.41, 5.74) is 9.45. The van der Waals surface area contributed by atoms with Crippen LogP contribution >= 0.6 is 0 Å². The van der Waals surface area contributed by atoms with Crippen LogP contribution in [0.2, 0.25) is 0 Å². The van der Waals surface area contributed by atoms with E-state index in [4.69, 9.17) is 5.73 Å². The van der Waals surface area contributed by atoms with Gasteiger partial charge in [0, 0.05) is 17.7 Å². The molecule has 0 atom stereocenters. The summed E-state index contributed by atoms with van der Waals surface area (Å²) in [5, 5.41) is 0. The largest absolute Gasteiger partial charge is 0.326 e. The molecule has 0 heterocycles. The van der Waals surface area contributed by atoms with Crippen molar-refractivity contribution in [3.63, 3.8) is 0 Å². The van der Waals surface area contributed by atoms with Crippen LogP contribution < -0.4 is 5.73 Å². The minimum atomic E-state index is 0.0775. The first kappa shape index (κ1) is 13.1. The molecule has 2 nitrogen and oxygen atoms in total. The molecule has 0 bridgehead atoms. The first-order valence-corrected chi connectivity index (χ1v) is 7.21. The Morgan fingerprint density at radius 3 is 1.95 bits per heavy atom. The highest BCUT2D eigenvalue weighted by molar-refractivity contribution is 6.09. The van der Waals surface area contributed by atoms with Crippen LogP contribution in [0.25, 0.3) is 0 Å². The van der Waals surface area contributed by atoms with Crippen LogP contribution in [0.3, 0.4) is 0 Å². The molecule has 102 valence electrons. The Kier molecular flexibility index (Phi) is 3.66. The third kappa shape index (κ3) is 2.52. The maximum absolute atomic E-state index is 12.4. The Bertz CT molecular complexity index is 594. The van der Waals surface area contributed by atoms with E-state index in [9.17, 15) is 4.79 Å². The predicted molar refractivity (Wildman–Crippen MR) is 80.8 cm³/mol. The number of benzene rings is 2. The second-order valence-electron chi connectivity index (χ2n) is 5.48. The van der Waals surface area contributed by atoms with Gasteiger partial charge in [-0.25, -0.2) is 0 Å². The van der Waals surface area contributed by atoms with Gasteiger partial charge in [-0.2, -0.15) is 0 Å². The number of carbonyl (C=O) groups excluding carboxylic acids is 1. The summed E-state index contributed by atoms with van der Waals surface area (Å²) in [4.78, 5) is 12.4. The van der Waals surface area contributed by atoms with Crippen molar-refractivity contribution in [1.29, 1.82) is 0 Å². The zero-order valence-electron chi connectivity index (χ0n) is 11.5. The summed E-state index contributed by atoms with van der Waals surface area (Å²) < 4.78 is 0. The first-order chi connectivity index (χ1) is 9.78. The van der Waals surface area contributed by atoms with Gasteiger partial charge in [-0.3, -0.25) is 4.79 Å². The Labute approximate surface area is 119 Å². The summed E-state index contributed by atoms with van der Waals surface area (Å²) in [6.45, 7) is 0.505. The minimum Gasteiger partial charge on any atom is -0.326 e. The van der Waals surface area contributed by atoms with Crippen LogP contribution in [-0.2, 0) is 6.54 Å².